The van der Waals surface area contributed by atoms with Crippen molar-refractivity contribution in [2.75, 3.05) is 0 Å². The van der Waals surface area contributed by atoms with Crippen LogP contribution in [-0.4, -0.2) is 11.7 Å². The highest BCUT2D eigenvalue weighted by atomic mass is 19.1. The summed E-state index contributed by atoms with van der Waals surface area (Å²) in [5.41, 5.74) is 7.97. The van der Waals surface area contributed by atoms with Crippen LogP contribution in [-0.2, 0) is 0 Å². The van der Waals surface area contributed by atoms with Gasteiger partial charge in [-0.15, -0.1) is 0 Å². The van der Waals surface area contributed by atoms with Gasteiger partial charge in [-0.3, -0.25) is 0 Å². The van der Waals surface area contributed by atoms with Crippen molar-refractivity contribution in [1.29, 1.82) is 0 Å². The molecule has 0 aromatic heterocycles. The zero-order chi connectivity index (χ0) is 10.6. The Labute approximate surface area is 80.6 Å². The van der Waals surface area contributed by atoms with Crippen molar-refractivity contribution in [2.24, 2.45) is 10.8 Å². The van der Waals surface area contributed by atoms with Crippen molar-refractivity contribution in [2.45, 2.75) is 6.92 Å². The van der Waals surface area contributed by atoms with Crippen LogP contribution in [0.15, 0.2) is 29.4 Å². The van der Waals surface area contributed by atoms with E-state index in [0.717, 1.165) is 0 Å². The van der Waals surface area contributed by atoms with Crippen LogP contribution in [0.25, 0.3) is 0 Å². The Morgan fingerprint density at radius 1 is 1.57 bits per heavy atom. The number of hydrazone groups is 1. The molecule has 0 bridgehead atoms. The minimum atomic E-state index is -0.749. The van der Waals surface area contributed by atoms with E-state index in [4.69, 9.17) is 5.73 Å². The van der Waals surface area contributed by atoms with Crippen LogP contribution in [0.2, 0.25) is 0 Å². The molecule has 0 saturated heterocycles. The van der Waals surface area contributed by atoms with Gasteiger partial charge in [-0.1, -0.05) is 12.1 Å². The molecule has 0 saturated carbocycles. The Bertz CT molecular complexity index is 376. The molecule has 0 atom stereocenters. The third kappa shape index (κ3) is 2.85. The summed E-state index contributed by atoms with van der Waals surface area (Å²) in [6.45, 7) is 1.64. The first-order chi connectivity index (χ1) is 6.59. The first-order valence-corrected chi connectivity index (χ1v) is 3.95. The first kappa shape index (κ1) is 10.2. The Hall–Kier alpha value is -1.91. The standard InChI is InChI=1S/C9H10FN3O/c1-6(12-13-9(11)14)7-3-2-4-8(10)5-7/h2-5H,1H3,(H3,11,13,14). The lowest BCUT2D eigenvalue weighted by Crippen LogP contribution is -2.25. The topological polar surface area (TPSA) is 67.5 Å². The highest BCUT2D eigenvalue weighted by molar-refractivity contribution is 5.99. The Kier molecular flexibility index (Phi) is 3.17. The number of primary amides is 1. The highest BCUT2D eigenvalue weighted by Crippen LogP contribution is 2.04. The number of rotatable bonds is 2. The van der Waals surface area contributed by atoms with E-state index in [2.05, 4.69) is 10.5 Å². The number of urea groups is 1. The number of hydrogen-bond acceptors (Lipinski definition) is 2. The van der Waals surface area contributed by atoms with Crippen molar-refractivity contribution in [1.82, 2.24) is 5.43 Å². The number of hydrogen-bond donors (Lipinski definition) is 2. The van der Waals surface area contributed by atoms with Crippen molar-refractivity contribution in [3.05, 3.63) is 35.6 Å². The van der Waals surface area contributed by atoms with Gasteiger partial charge < -0.3 is 5.73 Å². The maximum Gasteiger partial charge on any atom is 0.332 e. The number of carbonyl (C=O) groups is 1. The molecule has 0 radical (unpaired) electrons. The molecule has 74 valence electrons. The van der Waals surface area contributed by atoms with Gasteiger partial charge in [0, 0.05) is 5.56 Å². The lowest BCUT2D eigenvalue weighted by Gasteiger charge is -2.00. The number of nitrogens with two attached hydrogens (primary N) is 1. The summed E-state index contributed by atoms with van der Waals surface area (Å²) in [4.78, 5) is 10.3. The van der Waals surface area contributed by atoms with Crippen LogP contribution in [0, 0.1) is 5.82 Å². The lowest BCUT2D eigenvalue weighted by molar-refractivity contribution is 0.249. The van der Waals surface area contributed by atoms with E-state index in [1.54, 1.807) is 19.1 Å². The Balaban J connectivity index is 2.83. The average molecular weight is 195 g/mol. The third-order valence-electron chi connectivity index (χ3n) is 1.58. The van der Waals surface area contributed by atoms with Gasteiger partial charge in [0.05, 0.1) is 5.71 Å². The van der Waals surface area contributed by atoms with E-state index in [-0.39, 0.29) is 5.82 Å². The van der Waals surface area contributed by atoms with Gasteiger partial charge in [-0.25, -0.2) is 14.6 Å². The molecular weight excluding hydrogens is 185 g/mol. The predicted octanol–water partition coefficient (Wildman–Crippen LogP) is 1.22. The van der Waals surface area contributed by atoms with Gasteiger partial charge in [0.25, 0.3) is 0 Å². The zero-order valence-electron chi connectivity index (χ0n) is 7.62. The van der Waals surface area contributed by atoms with Crippen LogP contribution >= 0.6 is 0 Å². The summed E-state index contributed by atoms with van der Waals surface area (Å²) in [6.07, 6.45) is 0. The number of nitrogens with one attached hydrogen (secondary N) is 1. The minimum Gasteiger partial charge on any atom is -0.350 e. The van der Waals surface area contributed by atoms with E-state index in [1.807, 2.05) is 0 Å². The van der Waals surface area contributed by atoms with Gasteiger partial charge in [0.1, 0.15) is 5.82 Å². The fraction of sp³-hybridized carbons (Fsp3) is 0.111. The fourth-order valence-corrected chi connectivity index (χ4v) is 0.917. The fourth-order valence-electron chi connectivity index (χ4n) is 0.917. The number of amides is 2. The summed E-state index contributed by atoms with van der Waals surface area (Å²) in [7, 11) is 0. The molecular formula is C9H10FN3O. The molecule has 0 unspecified atom stereocenters. The number of carbonyl (C=O) groups excluding carboxylic acids is 1. The molecule has 3 N–H and O–H groups in total. The Morgan fingerprint density at radius 3 is 2.86 bits per heavy atom. The molecule has 5 heteroatoms. The van der Waals surface area contributed by atoms with Crippen LogP contribution in [0.3, 0.4) is 0 Å². The van der Waals surface area contributed by atoms with E-state index < -0.39 is 6.03 Å². The summed E-state index contributed by atoms with van der Waals surface area (Å²) in [5.74, 6) is -0.351. The van der Waals surface area contributed by atoms with E-state index in [9.17, 15) is 9.18 Å². The smallest absolute Gasteiger partial charge is 0.332 e. The average Bonchev–Trinajstić information content (AvgIpc) is 2.14. The van der Waals surface area contributed by atoms with Crippen molar-refractivity contribution >= 4 is 11.7 Å². The molecule has 4 nitrogen and oxygen atoms in total. The molecule has 0 aliphatic carbocycles. The second-order valence-electron chi connectivity index (χ2n) is 2.68. The quantitative estimate of drug-likeness (QED) is 0.540. The number of halogens is 1. The molecule has 0 aliphatic heterocycles. The van der Waals surface area contributed by atoms with Crippen molar-refractivity contribution in [3.63, 3.8) is 0 Å². The second-order valence-corrected chi connectivity index (χ2v) is 2.68. The van der Waals surface area contributed by atoms with Crippen LogP contribution in [0.1, 0.15) is 12.5 Å². The molecule has 1 aromatic carbocycles. The maximum atomic E-state index is 12.8. The number of nitrogens with zero attached hydrogens (tertiary/aromatic N) is 1. The lowest BCUT2D eigenvalue weighted by atomic mass is 10.1. The second kappa shape index (κ2) is 4.36. The SMILES string of the molecule is CC(=NNC(N)=O)c1cccc(F)c1. The van der Waals surface area contributed by atoms with Crippen LogP contribution in [0.4, 0.5) is 9.18 Å². The highest BCUT2D eigenvalue weighted by Gasteiger charge is 1.98. The van der Waals surface area contributed by atoms with Gasteiger partial charge in [-0.05, 0) is 19.1 Å². The molecule has 14 heavy (non-hydrogen) atoms. The molecule has 0 fully saturated rings. The van der Waals surface area contributed by atoms with Crippen LogP contribution < -0.4 is 11.2 Å². The van der Waals surface area contributed by atoms with Gasteiger partial charge >= 0.3 is 6.03 Å². The van der Waals surface area contributed by atoms with E-state index in [0.29, 0.717) is 11.3 Å². The van der Waals surface area contributed by atoms with E-state index in [1.165, 1.54) is 12.1 Å². The van der Waals surface area contributed by atoms with Gasteiger partial charge in [0.15, 0.2) is 0 Å². The van der Waals surface area contributed by atoms with Crippen LogP contribution in [0.5, 0.6) is 0 Å². The normalized spacial score (nSPS) is 11.1. The summed E-state index contributed by atoms with van der Waals surface area (Å²) >= 11 is 0. The molecule has 1 aromatic rings. The molecule has 2 amide bonds. The summed E-state index contributed by atoms with van der Waals surface area (Å²) in [5, 5.41) is 3.66. The monoisotopic (exact) mass is 195 g/mol. The number of benzene rings is 1. The minimum absolute atomic E-state index is 0.351. The maximum absolute atomic E-state index is 12.8. The Morgan fingerprint density at radius 2 is 2.29 bits per heavy atom. The molecule has 0 aliphatic rings. The third-order valence-corrected chi connectivity index (χ3v) is 1.58. The van der Waals surface area contributed by atoms with Crippen molar-refractivity contribution in [3.8, 4) is 0 Å². The molecule has 0 spiro atoms. The molecule has 1 rings (SSSR count). The summed E-state index contributed by atoms with van der Waals surface area (Å²) < 4.78 is 12.8. The first-order valence-electron chi connectivity index (χ1n) is 3.95. The largest absolute Gasteiger partial charge is 0.350 e. The molecule has 0 heterocycles. The van der Waals surface area contributed by atoms with Gasteiger partial charge in [-0.2, -0.15) is 5.10 Å². The van der Waals surface area contributed by atoms with E-state index >= 15 is 0 Å². The zero-order valence-corrected chi connectivity index (χ0v) is 7.62. The van der Waals surface area contributed by atoms with Crippen molar-refractivity contribution < 1.29 is 9.18 Å². The van der Waals surface area contributed by atoms with Gasteiger partial charge in [0.2, 0.25) is 0 Å². The predicted molar refractivity (Wildman–Crippen MR) is 51.3 cm³/mol. The summed E-state index contributed by atoms with van der Waals surface area (Å²) in [6, 6.07) is 5.15.